The van der Waals surface area contributed by atoms with Crippen molar-refractivity contribution in [3.05, 3.63) is 24.5 Å². The number of pyridine rings is 1. The van der Waals surface area contributed by atoms with E-state index in [9.17, 15) is 0 Å². The second-order valence-corrected chi connectivity index (χ2v) is 6.42. The van der Waals surface area contributed by atoms with Crippen molar-refractivity contribution in [2.45, 2.75) is 36.9 Å². The molecule has 0 aromatic carbocycles. The first-order valence-corrected chi connectivity index (χ1v) is 8.38. The van der Waals surface area contributed by atoms with Gasteiger partial charge in [-0.2, -0.15) is 0 Å². The van der Waals surface area contributed by atoms with E-state index in [0.29, 0.717) is 17.2 Å². The van der Waals surface area contributed by atoms with Gasteiger partial charge in [0.05, 0.1) is 0 Å². The Kier molecular flexibility index (Phi) is 4.87. The summed E-state index contributed by atoms with van der Waals surface area (Å²) in [6.07, 6.45) is 8.62. The maximum Gasteiger partial charge on any atom is 0.276 e. The molecule has 1 saturated heterocycles. The lowest BCUT2D eigenvalue weighted by Crippen LogP contribution is -2.36. The van der Waals surface area contributed by atoms with E-state index >= 15 is 0 Å². The van der Waals surface area contributed by atoms with Crippen molar-refractivity contribution in [2.24, 2.45) is 0 Å². The molecule has 0 bridgehead atoms. The monoisotopic (exact) mass is 304 g/mol. The average molecular weight is 304 g/mol. The Bertz CT molecular complexity index is 560. The van der Waals surface area contributed by atoms with Crippen LogP contribution in [-0.4, -0.2) is 45.5 Å². The molecule has 3 rings (SSSR count). The molecule has 1 aliphatic heterocycles. The highest BCUT2D eigenvalue weighted by Gasteiger charge is 2.18. The molecule has 1 aliphatic rings. The number of likely N-dealkylation sites (tertiary alicyclic amines) is 1. The predicted molar refractivity (Wildman–Crippen MR) is 83.1 cm³/mol. The third kappa shape index (κ3) is 3.83. The number of thioether (sulfide) groups is 1. The molecule has 2 aromatic rings. The number of hydrogen-bond donors (Lipinski definition) is 0. The number of nitrogens with zero attached hydrogens (tertiary/aromatic N) is 4. The molecule has 1 fully saturated rings. The van der Waals surface area contributed by atoms with Crippen molar-refractivity contribution in [3.63, 3.8) is 0 Å². The van der Waals surface area contributed by atoms with Crippen LogP contribution in [0.4, 0.5) is 0 Å². The van der Waals surface area contributed by atoms with Crippen LogP contribution in [0.2, 0.25) is 0 Å². The quantitative estimate of drug-likeness (QED) is 0.791. The molecule has 112 valence electrons. The second-order valence-electron chi connectivity index (χ2n) is 5.38. The van der Waals surface area contributed by atoms with Crippen LogP contribution < -0.4 is 0 Å². The minimum atomic E-state index is 0.565. The van der Waals surface area contributed by atoms with Crippen LogP contribution in [0.15, 0.2) is 34.2 Å². The van der Waals surface area contributed by atoms with Crippen LogP contribution in [0.3, 0.4) is 0 Å². The molecule has 0 aliphatic carbocycles. The maximum absolute atomic E-state index is 5.69. The zero-order chi connectivity index (χ0) is 14.5. The normalized spacial score (nSPS) is 19.8. The lowest BCUT2D eigenvalue weighted by Gasteiger charge is -2.32. The van der Waals surface area contributed by atoms with Gasteiger partial charge in [0.25, 0.3) is 5.22 Å². The van der Waals surface area contributed by atoms with Gasteiger partial charge >= 0.3 is 0 Å². The van der Waals surface area contributed by atoms with E-state index in [1.807, 2.05) is 12.1 Å². The maximum atomic E-state index is 5.69. The molecule has 3 heterocycles. The second kappa shape index (κ2) is 7.04. The van der Waals surface area contributed by atoms with Crippen LogP contribution in [0.1, 0.15) is 25.7 Å². The summed E-state index contributed by atoms with van der Waals surface area (Å²) in [5, 5.41) is 8.85. The first kappa shape index (κ1) is 14.5. The highest BCUT2D eigenvalue weighted by atomic mass is 32.2. The van der Waals surface area contributed by atoms with E-state index in [0.717, 1.165) is 11.3 Å². The van der Waals surface area contributed by atoms with Crippen LogP contribution in [0, 0.1) is 0 Å². The molecule has 6 heteroatoms. The molecule has 2 aromatic heterocycles. The summed E-state index contributed by atoms with van der Waals surface area (Å²) < 4.78 is 5.69. The van der Waals surface area contributed by atoms with Gasteiger partial charge in [0, 0.05) is 29.8 Å². The van der Waals surface area contributed by atoms with Gasteiger partial charge in [-0.3, -0.25) is 4.98 Å². The lowest BCUT2D eigenvalue weighted by atomic mass is 10.0. The molecule has 0 amide bonds. The van der Waals surface area contributed by atoms with Gasteiger partial charge in [-0.25, -0.2) is 0 Å². The highest BCUT2D eigenvalue weighted by Crippen LogP contribution is 2.25. The summed E-state index contributed by atoms with van der Waals surface area (Å²) in [6.45, 7) is 1.22. The Morgan fingerprint density at radius 3 is 2.95 bits per heavy atom. The number of rotatable bonds is 5. The topological polar surface area (TPSA) is 55.1 Å². The van der Waals surface area contributed by atoms with E-state index < -0.39 is 0 Å². The minimum absolute atomic E-state index is 0.565. The lowest BCUT2D eigenvalue weighted by molar-refractivity contribution is 0.182. The van der Waals surface area contributed by atoms with Crippen LogP contribution >= 0.6 is 11.8 Å². The third-order valence-electron chi connectivity index (χ3n) is 3.93. The largest absolute Gasteiger partial charge is 0.411 e. The molecule has 0 saturated carbocycles. The first-order chi connectivity index (χ1) is 10.3. The average Bonchev–Trinajstić information content (AvgIpc) is 2.99. The Hall–Kier alpha value is -1.40. The van der Waals surface area contributed by atoms with Gasteiger partial charge in [-0.15, -0.1) is 10.2 Å². The fourth-order valence-corrected chi connectivity index (χ4v) is 3.47. The Balaban J connectivity index is 1.51. The molecular formula is C15H20N4OS. The zero-order valence-corrected chi connectivity index (χ0v) is 13.1. The first-order valence-electron chi connectivity index (χ1n) is 7.40. The predicted octanol–water partition coefficient (Wildman–Crippen LogP) is 3.10. The van der Waals surface area contributed by atoms with E-state index in [2.05, 4.69) is 27.1 Å². The fraction of sp³-hybridized carbons (Fsp3) is 0.533. The van der Waals surface area contributed by atoms with Crippen molar-refractivity contribution >= 4 is 11.8 Å². The summed E-state index contributed by atoms with van der Waals surface area (Å²) >= 11 is 1.65. The smallest absolute Gasteiger partial charge is 0.276 e. The fourth-order valence-electron chi connectivity index (χ4n) is 2.67. The molecule has 1 atom stereocenters. The van der Waals surface area contributed by atoms with Crippen molar-refractivity contribution in [3.8, 4) is 11.5 Å². The van der Waals surface area contributed by atoms with Crippen molar-refractivity contribution < 1.29 is 4.42 Å². The Labute approximate surface area is 129 Å². The van der Waals surface area contributed by atoms with Gasteiger partial charge in [0.1, 0.15) is 0 Å². The van der Waals surface area contributed by atoms with E-state index in [4.69, 9.17) is 4.42 Å². The van der Waals surface area contributed by atoms with E-state index in [1.165, 1.54) is 32.2 Å². The summed E-state index contributed by atoms with van der Waals surface area (Å²) in [5.41, 5.74) is 0.913. The number of aromatic nitrogens is 3. The molecule has 0 spiro atoms. The van der Waals surface area contributed by atoms with Crippen molar-refractivity contribution in [1.82, 2.24) is 20.1 Å². The third-order valence-corrected chi connectivity index (χ3v) is 4.78. The molecule has 1 unspecified atom stereocenters. The molecule has 0 radical (unpaired) electrons. The van der Waals surface area contributed by atoms with Crippen molar-refractivity contribution in [1.29, 1.82) is 0 Å². The zero-order valence-electron chi connectivity index (χ0n) is 12.2. The van der Waals surface area contributed by atoms with Crippen molar-refractivity contribution in [2.75, 3.05) is 19.3 Å². The summed E-state index contributed by atoms with van der Waals surface area (Å²) in [4.78, 5) is 6.46. The Morgan fingerprint density at radius 1 is 1.29 bits per heavy atom. The van der Waals surface area contributed by atoms with E-state index in [-0.39, 0.29) is 0 Å². The Morgan fingerprint density at radius 2 is 2.14 bits per heavy atom. The van der Waals surface area contributed by atoms with Crippen LogP contribution in [-0.2, 0) is 0 Å². The van der Waals surface area contributed by atoms with Crippen LogP contribution in [0.5, 0.6) is 0 Å². The number of piperidine rings is 1. The summed E-state index contributed by atoms with van der Waals surface area (Å²) in [6, 6.07) is 4.45. The minimum Gasteiger partial charge on any atom is -0.411 e. The summed E-state index contributed by atoms with van der Waals surface area (Å²) in [5.74, 6) is 1.59. The van der Waals surface area contributed by atoms with E-state index in [1.54, 1.807) is 24.2 Å². The SMILES string of the molecule is CN1CCCCC1CCSc1nnc(-c2ccncc2)o1. The van der Waals surface area contributed by atoms with Gasteiger partial charge < -0.3 is 9.32 Å². The standard InChI is InChI=1S/C15H20N4OS/c1-19-10-3-2-4-13(19)7-11-21-15-18-17-14(20-15)12-5-8-16-9-6-12/h5-6,8-9,13H,2-4,7,10-11H2,1H3. The van der Waals surface area contributed by atoms with Crippen LogP contribution in [0.25, 0.3) is 11.5 Å². The van der Waals surface area contributed by atoms with Gasteiger partial charge in [0.15, 0.2) is 0 Å². The summed E-state index contributed by atoms with van der Waals surface area (Å²) in [7, 11) is 2.22. The molecular weight excluding hydrogens is 284 g/mol. The molecule has 5 nitrogen and oxygen atoms in total. The molecule has 0 N–H and O–H groups in total. The highest BCUT2D eigenvalue weighted by molar-refractivity contribution is 7.99. The van der Waals surface area contributed by atoms with Gasteiger partial charge in [0.2, 0.25) is 5.89 Å². The molecule has 21 heavy (non-hydrogen) atoms. The van der Waals surface area contributed by atoms with Gasteiger partial charge in [-0.1, -0.05) is 18.2 Å². The van der Waals surface area contributed by atoms with Gasteiger partial charge in [-0.05, 0) is 45.0 Å². The number of hydrogen-bond acceptors (Lipinski definition) is 6.